The van der Waals surface area contributed by atoms with E-state index in [0.29, 0.717) is 0 Å². The summed E-state index contributed by atoms with van der Waals surface area (Å²) in [5, 5.41) is 7.27. The molecular weight excluding hydrogens is 314 g/mol. The zero-order chi connectivity index (χ0) is 16.1. The fraction of sp³-hybridized carbons (Fsp3) is 0.438. The summed E-state index contributed by atoms with van der Waals surface area (Å²) in [4.78, 5) is 16.0. The number of halogens is 1. The first-order valence-electron chi connectivity index (χ1n) is 7.49. The average Bonchev–Trinajstić information content (AvgIpc) is 3.02. The molecule has 1 aromatic heterocycles. The van der Waals surface area contributed by atoms with Gasteiger partial charge in [-0.25, -0.2) is 9.67 Å². The number of nitrogens with one attached hydrogen (secondary N) is 1. The van der Waals surface area contributed by atoms with Crippen molar-refractivity contribution < 1.29 is 4.79 Å². The smallest absolute Gasteiger partial charge is 0.236 e. The Bertz CT molecular complexity index is 597. The number of rotatable bonds is 6. The summed E-state index contributed by atoms with van der Waals surface area (Å²) in [6, 6.07) is 7.46. The molecule has 1 amide bonds. The van der Waals surface area contributed by atoms with Crippen molar-refractivity contribution >= 4 is 18.3 Å². The highest BCUT2D eigenvalue weighted by Gasteiger charge is 2.26. The van der Waals surface area contributed by atoms with E-state index >= 15 is 0 Å². The fourth-order valence-corrected chi connectivity index (χ4v) is 2.41. The van der Waals surface area contributed by atoms with Crippen LogP contribution in [0.2, 0.25) is 0 Å². The highest BCUT2D eigenvalue weighted by atomic mass is 35.5. The van der Waals surface area contributed by atoms with E-state index in [1.165, 1.54) is 11.9 Å². The molecule has 0 fully saturated rings. The number of hydrogen-bond acceptors (Lipinski definition) is 4. The molecule has 0 radical (unpaired) electrons. The second-order valence-corrected chi connectivity index (χ2v) is 5.54. The van der Waals surface area contributed by atoms with Gasteiger partial charge in [0.1, 0.15) is 12.7 Å². The Kier molecular flexibility index (Phi) is 7.19. The van der Waals surface area contributed by atoms with Gasteiger partial charge < -0.3 is 11.1 Å². The molecule has 0 saturated heterocycles. The van der Waals surface area contributed by atoms with Gasteiger partial charge in [-0.3, -0.25) is 4.79 Å². The van der Waals surface area contributed by atoms with Gasteiger partial charge in [0.05, 0.1) is 18.1 Å². The van der Waals surface area contributed by atoms with Crippen LogP contribution in [0.3, 0.4) is 0 Å². The number of nitrogens with zero attached hydrogens (tertiary/aromatic N) is 3. The highest BCUT2D eigenvalue weighted by molar-refractivity contribution is 5.85. The van der Waals surface area contributed by atoms with E-state index in [1.807, 2.05) is 13.8 Å². The van der Waals surface area contributed by atoms with Crippen LogP contribution in [0.4, 0.5) is 0 Å². The Labute approximate surface area is 142 Å². The number of aryl methyl sites for hydroxylation is 1. The maximum Gasteiger partial charge on any atom is 0.236 e. The summed E-state index contributed by atoms with van der Waals surface area (Å²) >= 11 is 0. The van der Waals surface area contributed by atoms with Crippen molar-refractivity contribution in [1.82, 2.24) is 20.1 Å². The molecule has 3 atom stereocenters. The van der Waals surface area contributed by atoms with Gasteiger partial charge in [0.25, 0.3) is 0 Å². The molecule has 3 N–H and O–H groups in total. The van der Waals surface area contributed by atoms with E-state index in [1.54, 1.807) is 17.9 Å². The second kappa shape index (κ2) is 8.64. The maximum atomic E-state index is 12.0. The van der Waals surface area contributed by atoms with E-state index in [0.717, 1.165) is 12.0 Å². The summed E-state index contributed by atoms with van der Waals surface area (Å²) < 4.78 is 1.78. The van der Waals surface area contributed by atoms with Crippen LogP contribution < -0.4 is 11.1 Å². The van der Waals surface area contributed by atoms with Crippen LogP contribution in [0, 0.1) is 6.92 Å². The van der Waals surface area contributed by atoms with Gasteiger partial charge in [-0.05, 0) is 25.8 Å². The minimum Gasteiger partial charge on any atom is -0.350 e. The van der Waals surface area contributed by atoms with Gasteiger partial charge in [-0.1, -0.05) is 36.8 Å². The summed E-state index contributed by atoms with van der Waals surface area (Å²) in [6.45, 7) is 5.76. The van der Waals surface area contributed by atoms with Crippen molar-refractivity contribution in [3.63, 3.8) is 0 Å². The third-order valence-corrected chi connectivity index (χ3v) is 3.70. The zero-order valence-corrected chi connectivity index (χ0v) is 14.5. The first-order valence-corrected chi connectivity index (χ1v) is 7.49. The number of amides is 1. The molecule has 2 rings (SSSR count). The lowest BCUT2D eigenvalue weighted by Gasteiger charge is -2.28. The molecule has 0 spiro atoms. The lowest BCUT2D eigenvalue weighted by Crippen LogP contribution is -2.47. The van der Waals surface area contributed by atoms with Gasteiger partial charge in [0.15, 0.2) is 0 Å². The maximum absolute atomic E-state index is 12.0. The van der Waals surface area contributed by atoms with E-state index in [2.05, 4.69) is 39.7 Å². The number of benzene rings is 1. The molecule has 0 saturated carbocycles. The predicted molar refractivity (Wildman–Crippen MR) is 92.5 cm³/mol. The van der Waals surface area contributed by atoms with E-state index in [9.17, 15) is 4.79 Å². The molecule has 0 aliphatic rings. The first-order chi connectivity index (χ1) is 10.5. The molecular formula is C16H24ClN5O. The van der Waals surface area contributed by atoms with Crippen LogP contribution in [-0.4, -0.2) is 32.8 Å². The van der Waals surface area contributed by atoms with Crippen LogP contribution in [0.25, 0.3) is 0 Å². The topological polar surface area (TPSA) is 85.8 Å². The predicted octanol–water partition coefficient (Wildman–Crippen LogP) is 1.84. The molecule has 23 heavy (non-hydrogen) atoms. The molecule has 0 bridgehead atoms. The minimum absolute atomic E-state index is 0. The molecule has 2 aromatic rings. The molecule has 126 valence electrons. The van der Waals surface area contributed by atoms with Crippen LogP contribution in [0.1, 0.15) is 37.4 Å². The third-order valence-electron chi connectivity index (χ3n) is 3.70. The van der Waals surface area contributed by atoms with E-state index in [4.69, 9.17) is 5.73 Å². The Morgan fingerprint density at radius 1 is 1.35 bits per heavy atom. The Hall–Kier alpha value is -1.92. The number of aromatic nitrogens is 3. The van der Waals surface area contributed by atoms with E-state index in [-0.39, 0.29) is 30.4 Å². The lowest BCUT2D eigenvalue weighted by molar-refractivity contribution is -0.123. The normalized spacial score (nSPS) is 14.4. The molecule has 7 heteroatoms. The quantitative estimate of drug-likeness (QED) is 0.842. The average molecular weight is 338 g/mol. The molecule has 0 aliphatic carbocycles. The summed E-state index contributed by atoms with van der Waals surface area (Å²) in [6.07, 6.45) is 3.93. The number of carbonyl (C=O) groups excluding carboxylic acids is 1. The van der Waals surface area contributed by atoms with Gasteiger partial charge in [-0.15, -0.1) is 12.4 Å². The first kappa shape index (κ1) is 19.1. The van der Waals surface area contributed by atoms with Crippen molar-refractivity contribution in [3.8, 4) is 0 Å². The number of nitrogens with two attached hydrogens (primary N) is 1. The van der Waals surface area contributed by atoms with Crippen LogP contribution in [-0.2, 0) is 4.79 Å². The number of carbonyl (C=O) groups is 1. The Balaban J connectivity index is 0.00000264. The Morgan fingerprint density at radius 2 is 2.00 bits per heavy atom. The summed E-state index contributed by atoms with van der Waals surface area (Å²) in [5.41, 5.74) is 7.93. The van der Waals surface area contributed by atoms with Crippen molar-refractivity contribution in [2.75, 3.05) is 0 Å². The van der Waals surface area contributed by atoms with Gasteiger partial charge in [-0.2, -0.15) is 5.10 Å². The fourth-order valence-electron chi connectivity index (χ4n) is 2.41. The monoisotopic (exact) mass is 337 g/mol. The third kappa shape index (κ3) is 4.77. The highest BCUT2D eigenvalue weighted by Crippen LogP contribution is 2.23. The van der Waals surface area contributed by atoms with Crippen molar-refractivity contribution in [1.29, 1.82) is 0 Å². The molecule has 6 nitrogen and oxygen atoms in total. The largest absolute Gasteiger partial charge is 0.350 e. The van der Waals surface area contributed by atoms with Crippen LogP contribution in [0.15, 0.2) is 36.9 Å². The summed E-state index contributed by atoms with van der Waals surface area (Å²) in [7, 11) is 0. The molecule has 3 unspecified atom stereocenters. The summed E-state index contributed by atoms with van der Waals surface area (Å²) in [5.74, 6) is -0.163. The lowest BCUT2D eigenvalue weighted by atomic mass is 9.96. The number of hydrogen-bond donors (Lipinski definition) is 2. The van der Waals surface area contributed by atoms with E-state index < -0.39 is 6.04 Å². The van der Waals surface area contributed by atoms with Crippen LogP contribution in [0.5, 0.6) is 0 Å². The Morgan fingerprint density at radius 3 is 2.48 bits per heavy atom. The SMILES string of the molecule is CCC(NC(=O)C(C)N)C(c1ccc(C)cc1)n1cncn1.Cl. The standard InChI is InChI=1S/C16H23N5O.ClH/c1-4-14(20-16(22)12(3)17)15(21-10-18-9-19-21)13-7-5-11(2)6-8-13;/h5-10,12,14-15H,4,17H2,1-3H3,(H,20,22);1H. The molecule has 0 aliphatic heterocycles. The van der Waals surface area contributed by atoms with Crippen LogP contribution >= 0.6 is 12.4 Å². The second-order valence-electron chi connectivity index (χ2n) is 5.54. The minimum atomic E-state index is -0.538. The van der Waals surface area contributed by atoms with Crippen molar-refractivity contribution in [3.05, 3.63) is 48.0 Å². The molecule has 1 heterocycles. The van der Waals surface area contributed by atoms with Gasteiger partial charge >= 0.3 is 0 Å². The zero-order valence-electron chi connectivity index (χ0n) is 13.6. The van der Waals surface area contributed by atoms with Gasteiger partial charge in [0, 0.05) is 0 Å². The van der Waals surface area contributed by atoms with Gasteiger partial charge in [0.2, 0.25) is 5.91 Å². The molecule has 1 aromatic carbocycles. The van der Waals surface area contributed by atoms with Crippen molar-refractivity contribution in [2.24, 2.45) is 5.73 Å². The van der Waals surface area contributed by atoms with Crippen molar-refractivity contribution in [2.45, 2.75) is 45.3 Å².